The van der Waals surface area contributed by atoms with E-state index < -0.39 is 23.4 Å². The van der Waals surface area contributed by atoms with Gasteiger partial charge < -0.3 is 8.37 Å². The summed E-state index contributed by atoms with van der Waals surface area (Å²) in [6.45, 7) is 2.66. The summed E-state index contributed by atoms with van der Waals surface area (Å²) in [5, 5.41) is 0. The molecule has 0 atom stereocenters. The average Bonchev–Trinajstić information content (AvgIpc) is 2.03. The minimum absolute atomic E-state index is 0.925. The SMILES string of the molecule is CC=C(F)OS(=O)OC(F)=CC. The number of hydrogen-bond donors (Lipinski definition) is 0. The van der Waals surface area contributed by atoms with Crippen LogP contribution in [0.25, 0.3) is 0 Å². The van der Waals surface area contributed by atoms with Gasteiger partial charge >= 0.3 is 11.4 Å². The molecule has 0 fully saturated rings. The van der Waals surface area contributed by atoms with E-state index >= 15 is 0 Å². The molecule has 12 heavy (non-hydrogen) atoms. The summed E-state index contributed by atoms with van der Waals surface area (Å²) in [6.07, 6.45) is 1.85. The van der Waals surface area contributed by atoms with Crippen molar-refractivity contribution in [2.24, 2.45) is 0 Å². The maximum Gasteiger partial charge on any atom is 0.421 e. The van der Waals surface area contributed by atoms with Gasteiger partial charge in [-0.2, -0.15) is 13.0 Å². The quantitative estimate of drug-likeness (QED) is 0.650. The molecule has 0 saturated carbocycles. The van der Waals surface area contributed by atoms with Crippen LogP contribution >= 0.6 is 0 Å². The normalized spacial score (nSPS) is 15.7. The molecule has 0 heterocycles. The van der Waals surface area contributed by atoms with Gasteiger partial charge in [-0.1, -0.05) is 0 Å². The maximum atomic E-state index is 12.2. The van der Waals surface area contributed by atoms with Crippen LogP contribution in [0.1, 0.15) is 13.8 Å². The molecular weight excluding hydrogens is 190 g/mol. The Hall–Kier alpha value is -0.910. The Balaban J connectivity index is 3.91. The Labute approximate surface area is 71.5 Å². The smallest absolute Gasteiger partial charge is 0.341 e. The van der Waals surface area contributed by atoms with Gasteiger partial charge in [-0.15, -0.1) is 0 Å². The zero-order valence-electron chi connectivity index (χ0n) is 6.54. The first-order valence-electron chi connectivity index (χ1n) is 3.02. The third-order valence-corrected chi connectivity index (χ3v) is 1.34. The third kappa shape index (κ3) is 4.84. The second-order valence-electron chi connectivity index (χ2n) is 1.56. The van der Waals surface area contributed by atoms with Gasteiger partial charge in [0, 0.05) is 0 Å². The fourth-order valence-corrected chi connectivity index (χ4v) is 0.730. The van der Waals surface area contributed by atoms with Crippen molar-refractivity contribution in [2.75, 3.05) is 0 Å². The van der Waals surface area contributed by atoms with Crippen molar-refractivity contribution < 1.29 is 21.4 Å². The van der Waals surface area contributed by atoms with Gasteiger partial charge in [-0.25, -0.2) is 0 Å². The highest BCUT2D eigenvalue weighted by Crippen LogP contribution is 2.07. The van der Waals surface area contributed by atoms with Crippen LogP contribution in [0.5, 0.6) is 0 Å². The molecule has 0 aliphatic heterocycles. The van der Waals surface area contributed by atoms with Crippen molar-refractivity contribution in [2.45, 2.75) is 13.8 Å². The third-order valence-electron chi connectivity index (χ3n) is 0.749. The molecule has 3 nitrogen and oxygen atoms in total. The Morgan fingerprint density at radius 3 is 1.75 bits per heavy atom. The topological polar surface area (TPSA) is 35.5 Å². The molecular formula is C6H8F2O3S. The minimum atomic E-state index is -2.47. The lowest BCUT2D eigenvalue weighted by molar-refractivity contribution is 0.246. The molecule has 70 valence electrons. The van der Waals surface area contributed by atoms with Gasteiger partial charge in [0.15, 0.2) is 0 Å². The van der Waals surface area contributed by atoms with Crippen LogP contribution in [0.4, 0.5) is 8.78 Å². The molecule has 0 radical (unpaired) electrons. The van der Waals surface area contributed by atoms with Crippen molar-refractivity contribution in [3.63, 3.8) is 0 Å². The van der Waals surface area contributed by atoms with Crippen LogP contribution in [0.2, 0.25) is 0 Å². The molecule has 0 aliphatic rings. The molecule has 6 heteroatoms. The van der Waals surface area contributed by atoms with Gasteiger partial charge in [0.2, 0.25) is 0 Å². The Morgan fingerprint density at radius 1 is 1.17 bits per heavy atom. The summed E-state index contributed by atoms with van der Waals surface area (Å²) in [6, 6.07) is -2.17. The van der Waals surface area contributed by atoms with E-state index in [1.807, 2.05) is 0 Å². The van der Waals surface area contributed by atoms with Crippen molar-refractivity contribution in [3.8, 4) is 0 Å². The monoisotopic (exact) mass is 198 g/mol. The van der Waals surface area contributed by atoms with Gasteiger partial charge in [0.1, 0.15) is 0 Å². The predicted molar refractivity (Wildman–Crippen MR) is 40.0 cm³/mol. The molecule has 0 unspecified atom stereocenters. The largest absolute Gasteiger partial charge is 0.421 e. The predicted octanol–water partition coefficient (Wildman–Crippen LogP) is 2.26. The second kappa shape index (κ2) is 5.70. The van der Waals surface area contributed by atoms with Gasteiger partial charge in [-0.05, 0) is 26.0 Å². The van der Waals surface area contributed by atoms with E-state index in [4.69, 9.17) is 0 Å². The molecule has 0 amide bonds. The van der Waals surface area contributed by atoms with E-state index in [2.05, 4.69) is 8.37 Å². The molecule has 0 aromatic heterocycles. The highest BCUT2D eigenvalue weighted by Gasteiger charge is 2.07. The molecule has 0 saturated heterocycles. The highest BCUT2D eigenvalue weighted by molar-refractivity contribution is 7.75. The summed E-state index contributed by atoms with van der Waals surface area (Å²) < 4.78 is 42.7. The van der Waals surface area contributed by atoms with E-state index in [1.165, 1.54) is 13.8 Å². The fraction of sp³-hybridized carbons (Fsp3) is 0.333. The van der Waals surface area contributed by atoms with E-state index in [-0.39, 0.29) is 0 Å². The summed E-state index contributed by atoms with van der Waals surface area (Å²) >= 11 is -2.47. The lowest BCUT2D eigenvalue weighted by Crippen LogP contribution is -1.97. The van der Waals surface area contributed by atoms with E-state index in [1.54, 1.807) is 0 Å². The molecule has 0 aliphatic carbocycles. The Morgan fingerprint density at radius 2 is 1.50 bits per heavy atom. The summed E-state index contributed by atoms with van der Waals surface area (Å²) in [7, 11) is 0. The first-order valence-corrected chi connectivity index (χ1v) is 4.02. The zero-order valence-corrected chi connectivity index (χ0v) is 7.36. The van der Waals surface area contributed by atoms with Crippen molar-refractivity contribution in [1.82, 2.24) is 0 Å². The molecule has 0 spiro atoms. The van der Waals surface area contributed by atoms with E-state index in [9.17, 15) is 13.0 Å². The summed E-state index contributed by atoms with van der Waals surface area (Å²) in [5.74, 6) is 0. The second-order valence-corrected chi connectivity index (χ2v) is 2.30. The number of rotatable bonds is 4. The minimum Gasteiger partial charge on any atom is -0.341 e. The van der Waals surface area contributed by atoms with Crippen molar-refractivity contribution >= 4 is 11.4 Å². The van der Waals surface area contributed by atoms with Crippen molar-refractivity contribution in [1.29, 1.82) is 0 Å². The lowest BCUT2D eigenvalue weighted by atomic mass is 10.7. The molecule has 0 bridgehead atoms. The van der Waals surface area contributed by atoms with Crippen LogP contribution in [0.15, 0.2) is 24.2 Å². The zero-order chi connectivity index (χ0) is 9.56. The highest BCUT2D eigenvalue weighted by atomic mass is 32.2. The molecule has 0 aromatic carbocycles. The number of allylic oxidation sites excluding steroid dienone is 2. The molecule has 0 rings (SSSR count). The van der Waals surface area contributed by atoms with Gasteiger partial charge in [0.25, 0.3) is 12.0 Å². The number of hydrogen-bond acceptors (Lipinski definition) is 3. The fourth-order valence-electron chi connectivity index (χ4n) is 0.243. The Bertz CT molecular complexity index is 203. The van der Waals surface area contributed by atoms with Gasteiger partial charge in [0.05, 0.1) is 0 Å². The standard InChI is InChI=1S/C6H8F2O3S/c1-3-5(7)10-12(9)11-6(8)4-2/h3-4H,1-2H3. The van der Waals surface area contributed by atoms with E-state index in [0.717, 1.165) is 12.2 Å². The first kappa shape index (κ1) is 11.1. The van der Waals surface area contributed by atoms with E-state index in [0.29, 0.717) is 0 Å². The lowest BCUT2D eigenvalue weighted by Gasteiger charge is -1.99. The van der Waals surface area contributed by atoms with Crippen molar-refractivity contribution in [3.05, 3.63) is 24.2 Å². The molecule has 0 N–H and O–H groups in total. The van der Waals surface area contributed by atoms with Crippen LogP contribution in [-0.4, -0.2) is 4.21 Å². The summed E-state index contributed by atoms with van der Waals surface area (Å²) in [4.78, 5) is 0. The molecule has 0 aromatic rings. The van der Waals surface area contributed by atoms with Crippen LogP contribution < -0.4 is 0 Å². The average molecular weight is 198 g/mol. The number of halogens is 2. The first-order chi connectivity index (χ1) is 5.60. The van der Waals surface area contributed by atoms with Crippen LogP contribution in [0, 0.1) is 0 Å². The maximum absolute atomic E-state index is 12.2. The van der Waals surface area contributed by atoms with Crippen LogP contribution in [-0.2, 0) is 19.7 Å². The van der Waals surface area contributed by atoms with Crippen LogP contribution in [0.3, 0.4) is 0 Å². The Kier molecular flexibility index (Phi) is 5.27. The summed E-state index contributed by atoms with van der Waals surface area (Å²) in [5.41, 5.74) is 0. The van der Waals surface area contributed by atoms with Gasteiger partial charge in [-0.3, -0.25) is 0 Å².